The van der Waals surface area contributed by atoms with Crippen molar-refractivity contribution < 1.29 is 9.72 Å². The summed E-state index contributed by atoms with van der Waals surface area (Å²) in [5, 5.41) is 11.6. The summed E-state index contributed by atoms with van der Waals surface area (Å²) >= 11 is 0. The second kappa shape index (κ2) is 5.11. The number of aldehydes is 1. The van der Waals surface area contributed by atoms with Crippen molar-refractivity contribution in [3.8, 4) is 11.3 Å². The molecule has 1 N–H and O–H groups in total. The summed E-state index contributed by atoms with van der Waals surface area (Å²) in [7, 11) is 0. The van der Waals surface area contributed by atoms with E-state index in [0.29, 0.717) is 16.6 Å². The van der Waals surface area contributed by atoms with Crippen LogP contribution in [0.25, 0.3) is 22.2 Å². The molecular weight excluding hydrogens is 280 g/mol. The second-order valence-electron chi connectivity index (χ2n) is 5.34. The standard InChI is InChI=1S/C17H14N2O3/c1-10-4-3-5-12(6-10)17-15(9-20)14-8-13(19(21)22)7-11(2)16(14)18-17/h3-9,18H,1-2H3. The Kier molecular flexibility index (Phi) is 3.25. The fourth-order valence-electron chi connectivity index (χ4n) is 2.73. The number of fused-ring (bicyclic) bond motifs is 1. The van der Waals surface area contributed by atoms with E-state index >= 15 is 0 Å². The number of aromatic amines is 1. The lowest BCUT2D eigenvalue weighted by Gasteiger charge is -2.01. The fourth-order valence-corrected chi connectivity index (χ4v) is 2.73. The van der Waals surface area contributed by atoms with E-state index in [-0.39, 0.29) is 5.69 Å². The van der Waals surface area contributed by atoms with Gasteiger partial charge >= 0.3 is 0 Å². The summed E-state index contributed by atoms with van der Waals surface area (Å²) in [4.78, 5) is 25.4. The lowest BCUT2D eigenvalue weighted by atomic mass is 10.0. The first-order chi connectivity index (χ1) is 10.5. The van der Waals surface area contributed by atoms with E-state index in [1.165, 1.54) is 12.1 Å². The third kappa shape index (κ3) is 2.16. The molecule has 0 aliphatic heterocycles. The molecule has 0 unspecified atom stereocenters. The summed E-state index contributed by atoms with van der Waals surface area (Å²) in [6.07, 6.45) is 0.750. The van der Waals surface area contributed by atoms with Crippen LogP contribution >= 0.6 is 0 Å². The Morgan fingerprint density at radius 2 is 1.95 bits per heavy atom. The van der Waals surface area contributed by atoms with Crippen molar-refractivity contribution in [3.05, 3.63) is 63.2 Å². The topological polar surface area (TPSA) is 76.0 Å². The average Bonchev–Trinajstić information content (AvgIpc) is 2.86. The second-order valence-corrected chi connectivity index (χ2v) is 5.34. The van der Waals surface area contributed by atoms with Crippen LogP contribution in [0.15, 0.2) is 36.4 Å². The third-order valence-corrected chi connectivity index (χ3v) is 3.77. The first-order valence-corrected chi connectivity index (χ1v) is 6.84. The number of non-ortho nitro benzene ring substituents is 1. The Balaban J connectivity index is 2.35. The van der Waals surface area contributed by atoms with Crippen molar-refractivity contribution in [2.45, 2.75) is 13.8 Å². The van der Waals surface area contributed by atoms with Gasteiger partial charge in [0.1, 0.15) is 0 Å². The highest BCUT2D eigenvalue weighted by atomic mass is 16.6. The Labute approximate surface area is 126 Å². The number of hydrogen-bond donors (Lipinski definition) is 1. The molecule has 0 amide bonds. The van der Waals surface area contributed by atoms with Crippen LogP contribution in [-0.2, 0) is 0 Å². The highest BCUT2D eigenvalue weighted by Gasteiger charge is 2.18. The monoisotopic (exact) mass is 294 g/mol. The predicted octanol–water partition coefficient (Wildman–Crippen LogP) is 4.17. The minimum atomic E-state index is -0.444. The van der Waals surface area contributed by atoms with Crippen LogP contribution in [0.2, 0.25) is 0 Å². The van der Waals surface area contributed by atoms with E-state index in [1.807, 2.05) is 31.2 Å². The molecule has 0 bridgehead atoms. The van der Waals surface area contributed by atoms with Gasteiger partial charge in [-0.15, -0.1) is 0 Å². The smallest absolute Gasteiger partial charge is 0.270 e. The van der Waals surface area contributed by atoms with Gasteiger partial charge in [-0.2, -0.15) is 0 Å². The molecule has 0 saturated carbocycles. The van der Waals surface area contributed by atoms with Crippen LogP contribution in [0.5, 0.6) is 0 Å². The van der Waals surface area contributed by atoms with E-state index in [2.05, 4.69) is 4.98 Å². The number of rotatable bonds is 3. The van der Waals surface area contributed by atoms with Crippen molar-refractivity contribution in [2.75, 3.05) is 0 Å². The summed E-state index contributed by atoms with van der Waals surface area (Å²) in [5.41, 5.74) is 4.60. The molecule has 0 radical (unpaired) electrons. The van der Waals surface area contributed by atoms with Crippen LogP contribution in [-0.4, -0.2) is 16.2 Å². The van der Waals surface area contributed by atoms with Gasteiger partial charge in [0.15, 0.2) is 6.29 Å². The molecule has 0 aliphatic rings. The third-order valence-electron chi connectivity index (χ3n) is 3.77. The summed E-state index contributed by atoms with van der Waals surface area (Å²) in [6.45, 7) is 3.77. The van der Waals surface area contributed by atoms with E-state index in [4.69, 9.17) is 0 Å². The van der Waals surface area contributed by atoms with Crippen LogP contribution in [0.3, 0.4) is 0 Å². The molecule has 3 aromatic rings. The predicted molar refractivity (Wildman–Crippen MR) is 85.3 cm³/mol. The number of carbonyl (C=O) groups excluding carboxylic acids is 1. The van der Waals surface area contributed by atoms with Crippen LogP contribution in [0, 0.1) is 24.0 Å². The van der Waals surface area contributed by atoms with Gasteiger partial charge in [-0.3, -0.25) is 14.9 Å². The molecule has 3 rings (SSSR count). The van der Waals surface area contributed by atoms with Gasteiger partial charge in [-0.25, -0.2) is 0 Å². The first-order valence-electron chi connectivity index (χ1n) is 6.84. The number of nitrogens with zero attached hydrogens (tertiary/aromatic N) is 1. The SMILES string of the molecule is Cc1cccc(-c2[nH]c3c(C)cc([N+](=O)[O-])cc3c2C=O)c1. The number of H-pyrrole nitrogens is 1. The molecule has 1 heterocycles. The Morgan fingerprint density at radius 1 is 1.18 bits per heavy atom. The minimum absolute atomic E-state index is 0.0112. The number of aryl methyl sites for hydroxylation is 2. The van der Waals surface area contributed by atoms with E-state index < -0.39 is 4.92 Å². The van der Waals surface area contributed by atoms with Gasteiger partial charge < -0.3 is 4.98 Å². The molecule has 5 heteroatoms. The van der Waals surface area contributed by atoms with Crippen LogP contribution < -0.4 is 0 Å². The summed E-state index contributed by atoms with van der Waals surface area (Å²) in [5.74, 6) is 0. The number of benzene rings is 2. The van der Waals surface area contributed by atoms with Crippen LogP contribution in [0.1, 0.15) is 21.5 Å². The van der Waals surface area contributed by atoms with E-state index in [9.17, 15) is 14.9 Å². The van der Waals surface area contributed by atoms with Gasteiger partial charge in [-0.1, -0.05) is 23.8 Å². The number of nitro groups is 1. The number of nitrogens with one attached hydrogen (secondary N) is 1. The number of carbonyl (C=O) groups is 1. The molecule has 0 saturated heterocycles. The number of aromatic nitrogens is 1. The maximum absolute atomic E-state index is 11.6. The molecule has 0 aliphatic carbocycles. The molecule has 5 nitrogen and oxygen atoms in total. The van der Waals surface area contributed by atoms with Gasteiger partial charge in [0, 0.05) is 23.1 Å². The summed E-state index contributed by atoms with van der Waals surface area (Å²) in [6, 6.07) is 10.7. The van der Waals surface area contributed by atoms with E-state index in [0.717, 1.165) is 28.5 Å². The molecular formula is C17H14N2O3. The molecule has 0 fully saturated rings. The molecule has 22 heavy (non-hydrogen) atoms. The molecule has 0 atom stereocenters. The van der Waals surface area contributed by atoms with Crippen molar-refractivity contribution in [3.63, 3.8) is 0 Å². The minimum Gasteiger partial charge on any atom is -0.354 e. The van der Waals surface area contributed by atoms with Crippen LogP contribution in [0.4, 0.5) is 5.69 Å². The molecule has 110 valence electrons. The lowest BCUT2D eigenvalue weighted by molar-refractivity contribution is -0.384. The van der Waals surface area contributed by atoms with Crippen molar-refractivity contribution in [2.24, 2.45) is 0 Å². The van der Waals surface area contributed by atoms with Gasteiger partial charge in [0.25, 0.3) is 5.69 Å². The first kappa shape index (κ1) is 14.0. The Bertz CT molecular complexity index is 910. The van der Waals surface area contributed by atoms with Crippen molar-refractivity contribution in [1.82, 2.24) is 4.98 Å². The average molecular weight is 294 g/mol. The zero-order valence-electron chi connectivity index (χ0n) is 12.2. The Morgan fingerprint density at radius 3 is 2.59 bits per heavy atom. The molecule has 1 aromatic heterocycles. The maximum Gasteiger partial charge on any atom is 0.270 e. The largest absolute Gasteiger partial charge is 0.354 e. The van der Waals surface area contributed by atoms with Gasteiger partial charge in [0.05, 0.1) is 16.1 Å². The summed E-state index contributed by atoms with van der Waals surface area (Å²) < 4.78 is 0. The highest BCUT2D eigenvalue weighted by molar-refractivity contribution is 6.06. The maximum atomic E-state index is 11.6. The quantitative estimate of drug-likeness (QED) is 0.447. The van der Waals surface area contributed by atoms with E-state index in [1.54, 1.807) is 6.92 Å². The fraction of sp³-hybridized carbons (Fsp3) is 0.118. The zero-order chi connectivity index (χ0) is 15.9. The molecule has 0 spiro atoms. The zero-order valence-corrected chi connectivity index (χ0v) is 12.2. The number of hydrogen-bond acceptors (Lipinski definition) is 3. The normalized spacial score (nSPS) is 10.8. The highest BCUT2D eigenvalue weighted by Crippen LogP contribution is 2.33. The lowest BCUT2D eigenvalue weighted by Crippen LogP contribution is -1.89. The molecule has 2 aromatic carbocycles. The van der Waals surface area contributed by atoms with Gasteiger partial charge in [-0.05, 0) is 31.0 Å². The number of nitro benzene ring substituents is 1. The van der Waals surface area contributed by atoms with Crippen molar-refractivity contribution in [1.29, 1.82) is 0 Å². The van der Waals surface area contributed by atoms with Crippen molar-refractivity contribution >= 4 is 22.9 Å². The van der Waals surface area contributed by atoms with Gasteiger partial charge in [0.2, 0.25) is 0 Å². The Hall–Kier alpha value is -2.95.